The molecule has 3 heteroatoms. The van der Waals surface area contributed by atoms with Crippen molar-refractivity contribution in [3.8, 4) is 5.75 Å². The summed E-state index contributed by atoms with van der Waals surface area (Å²) in [6.45, 7) is 2.00. The van der Waals surface area contributed by atoms with E-state index in [0.717, 1.165) is 24.3 Å². The molecule has 3 nitrogen and oxygen atoms in total. The number of nitrogens with zero attached hydrogens (tertiary/aromatic N) is 1. The minimum Gasteiger partial charge on any atom is -0.489 e. The van der Waals surface area contributed by atoms with E-state index < -0.39 is 0 Å². The van der Waals surface area contributed by atoms with Crippen molar-refractivity contribution in [3.05, 3.63) is 24.0 Å². The van der Waals surface area contributed by atoms with Crippen LogP contribution in [0, 0.1) is 6.92 Å². The second-order valence-electron chi connectivity index (χ2n) is 5.34. The lowest BCUT2D eigenvalue weighted by molar-refractivity contribution is 0.0924. The quantitative estimate of drug-likeness (QED) is 0.850. The molecule has 17 heavy (non-hydrogen) atoms. The molecule has 3 atom stereocenters. The van der Waals surface area contributed by atoms with Gasteiger partial charge in [-0.15, -0.1) is 0 Å². The zero-order valence-electron chi connectivity index (χ0n) is 10.4. The topological polar surface area (TPSA) is 34.1 Å². The molecule has 1 N–H and O–H groups in total. The maximum absolute atomic E-state index is 6.04. The number of fused-ring (bicyclic) bond motifs is 2. The first-order valence-electron chi connectivity index (χ1n) is 6.65. The highest BCUT2D eigenvalue weighted by molar-refractivity contribution is 5.19. The molecule has 0 aromatic carbocycles. The predicted octanol–water partition coefficient (Wildman–Crippen LogP) is 2.44. The number of piperidine rings is 2. The number of hydrogen-bond acceptors (Lipinski definition) is 3. The number of hydrogen-bond donors (Lipinski definition) is 1. The molecular formula is C14H20N2O. The van der Waals surface area contributed by atoms with E-state index >= 15 is 0 Å². The molecule has 0 aliphatic carbocycles. The van der Waals surface area contributed by atoms with Gasteiger partial charge in [-0.2, -0.15) is 0 Å². The van der Waals surface area contributed by atoms with Crippen molar-refractivity contribution in [1.29, 1.82) is 0 Å². The van der Waals surface area contributed by atoms with Gasteiger partial charge in [0.25, 0.3) is 0 Å². The minimum absolute atomic E-state index is 0.371. The third-order valence-corrected chi connectivity index (χ3v) is 3.86. The van der Waals surface area contributed by atoms with Gasteiger partial charge in [0.15, 0.2) is 0 Å². The minimum atomic E-state index is 0.371. The van der Waals surface area contributed by atoms with Gasteiger partial charge in [-0.3, -0.25) is 4.98 Å². The average molecular weight is 232 g/mol. The molecule has 3 heterocycles. The van der Waals surface area contributed by atoms with E-state index in [0.29, 0.717) is 18.2 Å². The number of pyridine rings is 1. The van der Waals surface area contributed by atoms with Crippen LogP contribution in [0.1, 0.15) is 37.8 Å². The summed E-state index contributed by atoms with van der Waals surface area (Å²) in [6, 6.07) is 5.38. The molecule has 2 aliphatic heterocycles. The van der Waals surface area contributed by atoms with E-state index in [2.05, 4.69) is 10.3 Å². The molecule has 2 aliphatic rings. The van der Waals surface area contributed by atoms with Crippen molar-refractivity contribution in [1.82, 2.24) is 10.3 Å². The van der Waals surface area contributed by atoms with E-state index in [9.17, 15) is 0 Å². The predicted molar refractivity (Wildman–Crippen MR) is 67.2 cm³/mol. The molecule has 2 bridgehead atoms. The lowest BCUT2D eigenvalue weighted by Gasteiger charge is -2.40. The largest absolute Gasteiger partial charge is 0.489 e. The number of aryl methyl sites for hydroxylation is 1. The van der Waals surface area contributed by atoms with Crippen LogP contribution in [0.5, 0.6) is 5.75 Å². The van der Waals surface area contributed by atoms with Crippen LogP contribution in [0.4, 0.5) is 0 Å². The molecule has 0 saturated carbocycles. The molecule has 2 fully saturated rings. The van der Waals surface area contributed by atoms with E-state index in [1.54, 1.807) is 0 Å². The van der Waals surface area contributed by atoms with Gasteiger partial charge in [0.2, 0.25) is 0 Å². The summed E-state index contributed by atoms with van der Waals surface area (Å²) in [5.41, 5.74) is 1.04. The fraction of sp³-hybridized carbons (Fsp3) is 0.643. The van der Waals surface area contributed by atoms with Crippen molar-refractivity contribution in [2.75, 3.05) is 0 Å². The number of aromatic nitrogens is 1. The van der Waals surface area contributed by atoms with Crippen LogP contribution in [-0.2, 0) is 0 Å². The van der Waals surface area contributed by atoms with Crippen molar-refractivity contribution in [3.63, 3.8) is 0 Å². The van der Waals surface area contributed by atoms with Crippen LogP contribution >= 0.6 is 0 Å². The second-order valence-corrected chi connectivity index (χ2v) is 5.34. The third kappa shape index (κ3) is 2.60. The van der Waals surface area contributed by atoms with Gasteiger partial charge >= 0.3 is 0 Å². The molecule has 0 radical (unpaired) electrons. The second kappa shape index (κ2) is 4.65. The zero-order valence-corrected chi connectivity index (χ0v) is 10.4. The summed E-state index contributed by atoms with van der Waals surface area (Å²) in [4.78, 5) is 4.28. The SMILES string of the molecule is Cc1ccc(OC2C[C@H]3CCC[C@@H](C2)N3)cn1. The summed E-state index contributed by atoms with van der Waals surface area (Å²) in [5.74, 6) is 0.917. The molecule has 0 amide bonds. The molecule has 1 aromatic rings. The van der Waals surface area contributed by atoms with Crippen molar-refractivity contribution >= 4 is 0 Å². The molecule has 1 unspecified atom stereocenters. The van der Waals surface area contributed by atoms with Gasteiger partial charge in [0.05, 0.1) is 6.20 Å². The van der Waals surface area contributed by atoms with Crippen LogP contribution in [-0.4, -0.2) is 23.2 Å². The third-order valence-electron chi connectivity index (χ3n) is 3.86. The van der Waals surface area contributed by atoms with Crippen LogP contribution in [0.25, 0.3) is 0 Å². The van der Waals surface area contributed by atoms with E-state index in [1.165, 1.54) is 19.3 Å². The maximum Gasteiger partial charge on any atom is 0.138 e. The highest BCUT2D eigenvalue weighted by Crippen LogP contribution is 2.28. The Hall–Kier alpha value is -1.09. The van der Waals surface area contributed by atoms with Gasteiger partial charge < -0.3 is 10.1 Å². The average Bonchev–Trinajstić information content (AvgIpc) is 2.32. The standard InChI is InChI=1S/C14H20N2O/c1-10-5-6-13(9-15-10)17-14-7-11-3-2-4-12(8-14)16-11/h5-6,9,11-12,14,16H,2-4,7-8H2,1H3/t11-,12+,14?. The molecule has 3 rings (SSSR count). The van der Waals surface area contributed by atoms with Crippen LogP contribution in [0.3, 0.4) is 0 Å². The smallest absolute Gasteiger partial charge is 0.138 e. The summed E-state index contributed by atoms with van der Waals surface area (Å²) in [6.07, 6.45) is 8.49. The lowest BCUT2D eigenvalue weighted by Crippen LogP contribution is -2.51. The summed E-state index contributed by atoms with van der Waals surface area (Å²) < 4.78 is 6.04. The molecular weight excluding hydrogens is 212 g/mol. The van der Waals surface area contributed by atoms with Crippen LogP contribution in [0.15, 0.2) is 18.3 Å². The normalized spacial score (nSPS) is 32.2. The van der Waals surface area contributed by atoms with E-state index in [1.807, 2.05) is 25.3 Å². The molecule has 2 saturated heterocycles. The highest BCUT2D eigenvalue weighted by Gasteiger charge is 2.32. The van der Waals surface area contributed by atoms with E-state index in [-0.39, 0.29) is 0 Å². The Morgan fingerprint density at radius 3 is 2.65 bits per heavy atom. The van der Waals surface area contributed by atoms with Gasteiger partial charge in [-0.05, 0) is 44.7 Å². The number of nitrogens with one attached hydrogen (secondary N) is 1. The summed E-state index contributed by atoms with van der Waals surface area (Å²) in [7, 11) is 0. The van der Waals surface area contributed by atoms with Crippen LogP contribution < -0.4 is 10.1 Å². The van der Waals surface area contributed by atoms with Crippen molar-refractivity contribution in [2.24, 2.45) is 0 Å². The van der Waals surface area contributed by atoms with Gasteiger partial charge in [-0.25, -0.2) is 0 Å². The first kappa shape index (κ1) is 11.0. The maximum atomic E-state index is 6.04. The summed E-state index contributed by atoms with van der Waals surface area (Å²) >= 11 is 0. The Kier molecular flexibility index (Phi) is 3.02. The Morgan fingerprint density at radius 2 is 2.00 bits per heavy atom. The monoisotopic (exact) mass is 232 g/mol. The van der Waals surface area contributed by atoms with E-state index in [4.69, 9.17) is 4.74 Å². The van der Waals surface area contributed by atoms with Crippen LogP contribution in [0.2, 0.25) is 0 Å². The summed E-state index contributed by atoms with van der Waals surface area (Å²) in [5, 5.41) is 3.68. The molecule has 1 aromatic heterocycles. The number of rotatable bonds is 2. The Labute approximate surface area is 103 Å². The van der Waals surface area contributed by atoms with Crippen molar-refractivity contribution < 1.29 is 4.74 Å². The number of ether oxygens (including phenoxy) is 1. The first-order chi connectivity index (χ1) is 8.29. The lowest BCUT2D eigenvalue weighted by atomic mass is 9.85. The van der Waals surface area contributed by atoms with Gasteiger partial charge in [-0.1, -0.05) is 6.42 Å². The van der Waals surface area contributed by atoms with Gasteiger partial charge in [0.1, 0.15) is 11.9 Å². The molecule has 92 valence electrons. The Bertz CT molecular complexity index is 364. The fourth-order valence-electron chi connectivity index (χ4n) is 3.03. The van der Waals surface area contributed by atoms with Gasteiger partial charge in [0, 0.05) is 17.8 Å². The Balaban J connectivity index is 1.63. The highest BCUT2D eigenvalue weighted by atomic mass is 16.5. The Morgan fingerprint density at radius 1 is 1.24 bits per heavy atom. The zero-order chi connectivity index (χ0) is 11.7. The fourth-order valence-corrected chi connectivity index (χ4v) is 3.03. The van der Waals surface area contributed by atoms with Crippen molar-refractivity contribution in [2.45, 2.75) is 57.2 Å². The first-order valence-corrected chi connectivity index (χ1v) is 6.65. The molecule has 0 spiro atoms.